The minimum absolute atomic E-state index is 0.0273. The molecule has 0 fully saturated rings. The number of amides is 2. The average Bonchev–Trinajstić information content (AvgIpc) is 2.77. The first-order valence-electron chi connectivity index (χ1n) is 6.18. The Morgan fingerprint density at radius 2 is 1.95 bits per heavy atom. The predicted molar refractivity (Wildman–Crippen MR) is 73.6 cm³/mol. The molecule has 0 atom stereocenters. The van der Waals surface area contributed by atoms with Crippen LogP contribution in [0.1, 0.15) is 21.7 Å². The molecule has 0 radical (unpaired) electrons. The Labute approximate surface area is 115 Å². The van der Waals surface area contributed by atoms with Gasteiger partial charge in [-0.05, 0) is 43.2 Å². The van der Waals surface area contributed by atoms with Gasteiger partial charge in [0.1, 0.15) is 12.2 Å². The number of hydrogen-bond donors (Lipinski definition) is 2. The van der Waals surface area contributed by atoms with Crippen LogP contribution < -0.4 is 11.1 Å². The van der Waals surface area contributed by atoms with Crippen LogP contribution in [-0.4, -0.2) is 25.2 Å². The Balaban J connectivity index is 2.05. The summed E-state index contributed by atoms with van der Waals surface area (Å²) in [4.78, 5) is 22.2. The largest absolute Gasteiger partial charge is 0.451 e. The Hall–Kier alpha value is -2.50. The van der Waals surface area contributed by atoms with E-state index in [9.17, 15) is 9.59 Å². The van der Waals surface area contributed by atoms with Crippen molar-refractivity contribution in [1.29, 1.82) is 0 Å². The smallest absolute Gasteiger partial charge is 0.404 e. The van der Waals surface area contributed by atoms with Crippen molar-refractivity contribution in [3.63, 3.8) is 0 Å². The van der Waals surface area contributed by atoms with Gasteiger partial charge in [-0.25, -0.2) is 4.79 Å². The molecule has 2 amide bonds. The van der Waals surface area contributed by atoms with Crippen molar-refractivity contribution < 1.29 is 18.7 Å². The highest BCUT2D eigenvalue weighted by Gasteiger charge is 2.12. The van der Waals surface area contributed by atoms with Gasteiger partial charge < -0.3 is 20.2 Å². The Morgan fingerprint density at radius 3 is 2.65 bits per heavy atom. The van der Waals surface area contributed by atoms with Crippen molar-refractivity contribution in [1.82, 2.24) is 5.32 Å². The van der Waals surface area contributed by atoms with Gasteiger partial charge >= 0.3 is 6.09 Å². The van der Waals surface area contributed by atoms with Crippen molar-refractivity contribution in [3.05, 3.63) is 35.1 Å². The highest BCUT2D eigenvalue weighted by Crippen LogP contribution is 2.23. The van der Waals surface area contributed by atoms with E-state index < -0.39 is 6.09 Å². The Bertz CT molecular complexity index is 621. The summed E-state index contributed by atoms with van der Waals surface area (Å²) in [5, 5.41) is 3.46. The third kappa shape index (κ3) is 3.09. The molecule has 0 spiro atoms. The second-order valence-electron chi connectivity index (χ2n) is 4.51. The molecule has 106 valence electrons. The summed E-state index contributed by atoms with van der Waals surface area (Å²) < 4.78 is 10.0. The summed E-state index contributed by atoms with van der Waals surface area (Å²) in [5.74, 6) is -0.131. The van der Waals surface area contributed by atoms with Crippen LogP contribution in [0.25, 0.3) is 11.0 Å². The molecule has 3 N–H and O–H groups in total. The lowest BCUT2D eigenvalue weighted by Gasteiger charge is -2.02. The maximum atomic E-state index is 11.9. The van der Waals surface area contributed by atoms with E-state index in [0.717, 1.165) is 16.5 Å². The van der Waals surface area contributed by atoms with E-state index in [1.54, 1.807) is 6.07 Å². The Morgan fingerprint density at radius 1 is 1.25 bits per heavy atom. The molecule has 6 heteroatoms. The first-order valence-corrected chi connectivity index (χ1v) is 6.18. The van der Waals surface area contributed by atoms with Gasteiger partial charge in [0, 0.05) is 5.39 Å². The van der Waals surface area contributed by atoms with Crippen LogP contribution in [0.2, 0.25) is 0 Å². The van der Waals surface area contributed by atoms with Crippen molar-refractivity contribution in [2.45, 2.75) is 13.8 Å². The number of carbonyl (C=O) groups is 2. The molecule has 0 aliphatic carbocycles. The van der Waals surface area contributed by atoms with Gasteiger partial charge in [-0.1, -0.05) is 0 Å². The molecule has 1 aromatic heterocycles. The van der Waals surface area contributed by atoms with Gasteiger partial charge in [0.05, 0.1) is 6.54 Å². The SMILES string of the molecule is Cc1cc2cc(C(=O)NCCOC(N)=O)oc2cc1C. The fourth-order valence-corrected chi connectivity index (χ4v) is 1.82. The number of nitrogens with two attached hydrogens (primary N) is 1. The number of furan rings is 1. The quantitative estimate of drug-likeness (QED) is 0.833. The monoisotopic (exact) mass is 276 g/mol. The van der Waals surface area contributed by atoms with E-state index in [0.29, 0.717) is 5.58 Å². The maximum Gasteiger partial charge on any atom is 0.404 e. The fourth-order valence-electron chi connectivity index (χ4n) is 1.82. The second kappa shape index (κ2) is 5.64. The lowest BCUT2D eigenvalue weighted by Crippen LogP contribution is -2.28. The second-order valence-corrected chi connectivity index (χ2v) is 4.51. The Kier molecular flexibility index (Phi) is 3.93. The molecule has 1 aromatic carbocycles. The molecular weight excluding hydrogens is 260 g/mol. The summed E-state index contributed by atoms with van der Waals surface area (Å²) in [6.45, 7) is 4.19. The van der Waals surface area contributed by atoms with Gasteiger partial charge in [0.2, 0.25) is 0 Å². The number of rotatable bonds is 4. The van der Waals surface area contributed by atoms with Crippen LogP contribution in [0.3, 0.4) is 0 Å². The zero-order valence-electron chi connectivity index (χ0n) is 11.4. The number of hydrogen-bond acceptors (Lipinski definition) is 4. The number of fused-ring (bicyclic) bond motifs is 1. The highest BCUT2D eigenvalue weighted by atomic mass is 16.5. The van der Waals surface area contributed by atoms with Gasteiger partial charge in [-0.2, -0.15) is 0 Å². The van der Waals surface area contributed by atoms with Crippen molar-refractivity contribution in [2.24, 2.45) is 5.73 Å². The van der Waals surface area contributed by atoms with Crippen LogP contribution in [0.4, 0.5) is 4.79 Å². The highest BCUT2D eigenvalue weighted by molar-refractivity contribution is 5.96. The normalized spacial score (nSPS) is 10.5. The molecule has 1 heterocycles. The topological polar surface area (TPSA) is 94.6 Å². The number of nitrogens with one attached hydrogen (secondary N) is 1. The summed E-state index contributed by atoms with van der Waals surface area (Å²) in [5.41, 5.74) is 7.72. The molecule has 2 rings (SSSR count). The molecule has 0 aliphatic rings. The first kappa shape index (κ1) is 13.9. The van der Waals surface area contributed by atoms with Gasteiger partial charge in [0.15, 0.2) is 5.76 Å². The van der Waals surface area contributed by atoms with E-state index in [1.165, 1.54) is 0 Å². The molecule has 0 bridgehead atoms. The lowest BCUT2D eigenvalue weighted by molar-refractivity contribution is 0.0911. The van der Waals surface area contributed by atoms with Crippen LogP contribution in [0.5, 0.6) is 0 Å². The molecule has 0 aliphatic heterocycles. The molecule has 0 saturated heterocycles. The summed E-state index contributed by atoms with van der Waals surface area (Å²) in [6.07, 6.45) is -0.867. The molecule has 6 nitrogen and oxygen atoms in total. The zero-order chi connectivity index (χ0) is 14.7. The van der Waals surface area contributed by atoms with Crippen molar-refractivity contribution in [3.8, 4) is 0 Å². The average molecular weight is 276 g/mol. The number of benzene rings is 1. The van der Waals surface area contributed by atoms with Gasteiger partial charge in [0.25, 0.3) is 5.91 Å². The minimum atomic E-state index is -0.867. The van der Waals surface area contributed by atoms with Gasteiger partial charge in [-0.3, -0.25) is 4.79 Å². The van der Waals surface area contributed by atoms with Crippen LogP contribution in [-0.2, 0) is 4.74 Å². The third-order valence-electron chi connectivity index (χ3n) is 2.99. The van der Waals surface area contributed by atoms with Crippen LogP contribution in [0.15, 0.2) is 22.6 Å². The summed E-state index contributed by atoms with van der Waals surface area (Å²) in [7, 11) is 0. The molecule has 0 unspecified atom stereocenters. The number of primary amides is 1. The molecule has 2 aromatic rings. The molecule has 20 heavy (non-hydrogen) atoms. The maximum absolute atomic E-state index is 11.9. The van der Waals surface area contributed by atoms with E-state index in [1.807, 2.05) is 26.0 Å². The minimum Gasteiger partial charge on any atom is -0.451 e. The third-order valence-corrected chi connectivity index (χ3v) is 2.99. The number of aryl methyl sites for hydroxylation is 2. The molecule has 0 saturated carbocycles. The predicted octanol–water partition coefficient (Wildman–Crippen LogP) is 1.87. The van der Waals surface area contributed by atoms with E-state index in [2.05, 4.69) is 10.1 Å². The first-order chi connectivity index (χ1) is 9.47. The van der Waals surface area contributed by atoms with Gasteiger partial charge in [-0.15, -0.1) is 0 Å². The standard InChI is InChI=1S/C14H16N2O4/c1-8-5-10-7-12(20-11(10)6-9(8)2)13(17)16-3-4-19-14(15)18/h5-7H,3-4H2,1-2H3,(H2,15,18)(H,16,17). The molecular formula is C14H16N2O4. The summed E-state index contributed by atoms with van der Waals surface area (Å²) in [6, 6.07) is 5.56. The number of carbonyl (C=O) groups excluding carboxylic acids is 2. The van der Waals surface area contributed by atoms with E-state index >= 15 is 0 Å². The number of ether oxygens (including phenoxy) is 1. The van der Waals surface area contributed by atoms with Crippen molar-refractivity contribution in [2.75, 3.05) is 13.2 Å². The van der Waals surface area contributed by atoms with Crippen LogP contribution in [0, 0.1) is 13.8 Å². The van der Waals surface area contributed by atoms with Crippen molar-refractivity contribution >= 4 is 23.0 Å². The zero-order valence-corrected chi connectivity index (χ0v) is 11.4. The van der Waals surface area contributed by atoms with Crippen LogP contribution >= 0.6 is 0 Å². The van der Waals surface area contributed by atoms with E-state index in [4.69, 9.17) is 10.2 Å². The van der Waals surface area contributed by atoms with E-state index in [-0.39, 0.29) is 24.8 Å². The fraction of sp³-hybridized carbons (Fsp3) is 0.286. The lowest BCUT2D eigenvalue weighted by atomic mass is 10.1. The summed E-state index contributed by atoms with van der Waals surface area (Å²) >= 11 is 0.